The van der Waals surface area contributed by atoms with Gasteiger partial charge in [-0.05, 0) is 18.2 Å². The maximum Gasteiger partial charge on any atom is 0.166 e. The molecule has 1 fully saturated rings. The number of nitrogens with two attached hydrogens (primary N) is 1. The molecule has 2 N–H and O–H groups in total. The van der Waals surface area contributed by atoms with E-state index in [1.807, 2.05) is 18.2 Å². The van der Waals surface area contributed by atoms with Gasteiger partial charge in [0, 0.05) is 29.5 Å². The first-order valence-electron chi connectivity index (χ1n) is 6.46. The van der Waals surface area contributed by atoms with Crippen molar-refractivity contribution in [1.82, 2.24) is 24.5 Å². The number of likely N-dealkylation sites (tertiary alicyclic amines) is 1. The molecule has 6 nitrogen and oxygen atoms in total. The lowest BCUT2D eigenvalue weighted by atomic mass is 10.1. The fourth-order valence-corrected chi connectivity index (χ4v) is 2.80. The van der Waals surface area contributed by atoms with Crippen LogP contribution >= 0.6 is 11.6 Å². The molecule has 0 saturated carbocycles. The Bertz CT molecular complexity index is 792. The minimum absolute atomic E-state index is 0.278. The quantitative estimate of drug-likeness (QED) is 0.764. The summed E-state index contributed by atoms with van der Waals surface area (Å²) in [4.78, 5) is 11.3. The van der Waals surface area contributed by atoms with E-state index in [2.05, 4.69) is 20.0 Å². The van der Waals surface area contributed by atoms with Crippen LogP contribution in [0.1, 0.15) is 5.82 Å². The van der Waals surface area contributed by atoms with Crippen molar-refractivity contribution in [2.24, 2.45) is 5.73 Å². The standard InChI is InChI=1S/C13H13ClN6/c14-8-1-2-11-10(3-8)13-16-7-17-20(13)12(18-11)6-19-4-9(15)5-19/h1-3,7,9H,4-6,15H2. The highest BCUT2D eigenvalue weighted by molar-refractivity contribution is 6.31. The Morgan fingerprint density at radius 3 is 3.00 bits per heavy atom. The van der Waals surface area contributed by atoms with Crippen LogP contribution in [0, 0.1) is 0 Å². The number of fused-ring (bicyclic) bond motifs is 3. The monoisotopic (exact) mass is 288 g/mol. The summed E-state index contributed by atoms with van der Waals surface area (Å²) in [5.41, 5.74) is 7.48. The molecule has 1 aliphatic rings. The lowest BCUT2D eigenvalue weighted by Crippen LogP contribution is -2.55. The molecular formula is C13H13ClN6. The molecule has 7 heteroatoms. The zero-order valence-corrected chi connectivity index (χ0v) is 11.5. The van der Waals surface area contributed by atoms with Crippen LogP contribution in [0.3, 0.4) is 0 Å². The first-order chi connectivity index (χ1) is 9.70. The van der Waals surface area contributed by atoms with Gasteiger partial charge in [0.2, 0.25) is 0 Å². The van der Waals surface area contributed by atoms with Gasteiger partial charge in [-0.15, -0.1) is 0 Å². The van der Waals surface area contributed by atoms with Crippen LogP contribution < -0.4 is 5.73 Å². The molecule has 0 atom stereocenters. The molecule has 4 rings (SSSR count). The van der Waals surface area contributed by atoms with Crippen LogP contribution in [0.25, 0.3) is 16.6 Å². The van der Waals surface area contributed by atoms with Crippen molar-refractivity contribution in [3.05, 3.63) is 35.4 Å². The molecule has 3 heterocycles. The molecule has 20 heavy (non-hydrogen) atoms. The Kier molecular flexibility index (Phi) is 2.63. The van der Waals surface area contributed by atoms with Crippen LogP contribution in [-0.2, 0) is 6.54 Å². The smallest absolute Gasteiger partial charge is 0.166 e. The summed E-state index contributed by atoms with van der Waals surface area (Å²) in [5, 5.41) is 5.86. The molecule has 0 bridgehead atoms. The van der Waals surface area contributed by atoms with Gasteiger partial charge in [-0.1, -0.05) is 11.6 Å². The SMILES string of the molecule is NC1CN(Cc2nc3ccc(Cl)cc3c3ncnn23)C1. The second kappa shape index (κ2) is 4.37. The van der Waals surface area contributed by atoms with Gasteiger partial charge in [-0.25, -0.2) is 9.97 Å². The number of hydrogen-bond acceptors (Lipinski definition) is 5. The van der Waals surface area contributed by atoms with Gasteiger partial charge in [-0.2, -0.15) is 9.61 Å². The molecule has 102 valence electrons. The van der Waals surface area contributed by atoms with Crippen molar-refractivity contribution in [1.29, 1.82) is 0 Å². The number of rotatable bonds is 2. The largest absolute Gasteiger partial charge is 0.325 e. The maximum absolute atomic E-state index is 6.05. The van der Waals surface area contributed by atoms with Gasteiger partial charge < -0.3 is 5.73 Å². The van der Waals surface area contributed by atoms with Crippen LogP contribution in [0.4, 0.5) is 0 Å². The van der Waals surface area contributed by atoms with Crippen molar-refractivity contribution >= 4 is 28.2 Å². The van der Waals surface area contributed by atoms with E-state index in [1.165, 1.54) is 0 Å². The van der Waals surface area contributed by atoms with E-state index < -0.39 is 0 Å². The predicted molar refractivity (Wildman–Crippen MR) is 76.6 cm³/mol. The van der Waals surface area contributed by atoms with Crippen molar-refractivity contribution in [2.45, 2.75) is 12.6 Å². The lowest BCUT2D eigenvalue weighted by molar-refractivity contribution is 0.137. The first-order valence-corrected chi connectivity index (χ1v) is 6.84. The van der Waals surface area contributed by atoms with E-state index in [4.69, 9.17) is 17.3 Å². The Balaban J connectivity index is 1.86. The first kappa shape index (κ1) is 12.0. The number of aromatic nitrogens is 4. The van der Waals surface area contributed by atoms with E-state index in [-0.39, 0.29) is 6.04 Å². The summed E-state index contributed by atoms with van der Waals surface area (Å²) in [6.45, 7) is 2.53. The van der Waals surface area contributed by atoms with Crippen LogP contribution in [0.2, 0.25) is 5.02 Å². The minimum atomic E-state index is 0.278. The molecule has 0 amide bonds. The van der Waals surface area contributed by atoms with Gasteiger partial charge in [0.1, 0.15) is 12.2 Å². The highest BCUT2D eigenvalue weighted by Gasteiger charge is 2.24. The molecule has 1 aromatic carbocycles. The van der Waals surface area contributed by atoms with Gasteiger partial charge in [-0.3, -0.25) is 4.90 Å². The van der Waals surface area contributed by atoms with E-state index in [0.29, 0.717) is 5.02 Å². The van der Waals surface area contributed by atoms with Crippen molar-refractivity contribution < 1.29 is 0 Å². The summed E-state index contributed by atoms with van der Waals surface area (Å²) < 4.78 is 1.78. The van der Waals surface area contributed by atoms with Gasteiger partial charge >= 0.3 is 0 Å². The number of halogens is 1. The van der Waals surface area contributed by atoms with E-state index >= 15 is 0 Å². The molecule has 2 aromatic heterocycles. The van der Waals surface area contributed by atoms with E-state index in [1.54, 1.807) is 10.8 Å². The summed E-state index contributed by atoms with van der Waals surface area (Å²) in [5.74, 6) is 0.874. The Morgan fingerprint density at radius 1 is 1.35 bits per heavy atom. The fraction of sp³-hybridized carbons (Fsp3) is 0.308. The number of nitrogens with zero attached hydrogens (tertiary/aromatic N) is 5. The van der Waals surface area contributed by atoms with Crippen LogP contribution in [-0.4, -0.2) is 43.6 Å². The fourth-order valence-electron chi connectivity index (χ4n) is 2.63. The van der Waals surface area contributed by atoms with Crippen molar-refractivity contribution in [3.8, 4) is 0 Å². The molecular weight excluding hydrogens is 276 g/mol. The normalized spacial score (nSPS) is 16.9. The molecule has 3 aromatic rings. The van der Waals surface area contributed by atoms with Crippen LogP contribution in [0.15, 0.2) is 24.5 Å². The number of benzene rings is 1. The molecule has 0 aliphatic carbocycles. The third kappa shape index (κ3) is 1.84. The number of hydrogen-bond donors (Lipinski definition) is 1. The molecule has 0 radical (unpaired) electrons. The third-order valence-corrected chi connectivity index (χ3v) is 3.83. The summed E-state index contributed by atoms with van der Waals surface area (Å²) in [7, 11) is 0. The van der Waals surface area contributed by atoms with Gasteiger partial charge in [0.05, 0.1) is 12.1 Å². The molecule has 1 aliphatic heterocycles. The lowest BCUT2D eigenvalue weighted by Gasteiger charge is -2.36. The van der Waals surface area contributed by atoms with E-state index in [9.17, 15) is 0 Å². The molecule has 1 saturated heterocycles. The Labute approximate surface area is 120 Å². The highest BCUT2D eigenvalue weighted by atomic mass is 35.5. The van der Waals surface area contributed by atoms with Crippen molar-refractivity contribution in [3.63, 3.8) is 0 Å². The zero-order chi connectivity index (χ0) is 13.7. The van der Waals surface area contributed by atoms with Gasteiger partial charge in [0.25, 0.3) is 0 Å². The summed E-state index contributed by atoms with van der Waals surface area (Å²) >= 11 is 6.05. The average Bonchev–Trinajstić information content (AvgIpc) is 2.87. The van der Waals surface area contributed by atoms with Crippen LogP contribution in [0.5, 0.6) is 0 Å². The summed E-state index contributed by atoms with van der Waals surface area (Å²) in [6, 6.07) is 5.91. The molecule has 0 spiro atoms. The maximum atomic E-state index is 6.05. The zero-order valence-electron chi connectivity index (χ0n) is 10.7. The molecule has 0 unspecified atom stereocenters. The average molecular weight is 289 g/mol. The Morgan fingerprint density at radius 2 is 2.20 bits per heavy atom. The highest BCUT2D eigenvalue weighted by Crippen LogP contribution is 2.22. The topological polar surface area (TPSA) is 72.3 Å². The summed E-state index contributed by atoms with van der Waals surface area (Å²) in [6.07, 6.45) is 1.54. The second-order valence-corrected chi connectivity index (χ2v) is 5.58. The van der Waals surface area contributed by atoms with E-state index in [0.717, 1.165) is 42.0 Å². The minimum Gasteiger partial charge on any atom is -0.325 e. The predicted octanol–water partition coefficient (Wildman–Crippen LogP) is 1.07. The van der Waals surface area contributed by atoms with Gasteiger partial charge in [0.15, 0.2) is 5.65 Å². The third-order valence-electron chi connectivity index (χ3n) is 3.59. The second-order valence-electron chi connectivity index (χ2n) is 5.14. The van der Waals surface area contributed by atoms with Crippen molar-refractivity contribution in [2.75, 3.05) is 13.1 Å². The Hall–Kier alpha value is -1.76.